The summed E-state index contributed by atoms with van der Waals surface area (Å²) in [5.74, 6) is -0.0669. The first-order chi connectivity index (χ1) is 7.61. The van der Waals surface area contributed by atoms with Crippen LogP contribution >= 0.6 is 0 Å². The van der Waals surface area contributed by atoms with Crippen LogP contribution in [-0.2, 0) is 0 Å². The van der Waals surface area contributed by atoms with Gasteiger partial charge in [0, 0.05) is 12.4 Å². The fraction of sp³-hybridized carbons (Fsp3) is 0.167. The van der Waals surface area contributed by atoms with Crippen molar-refractivity contribution in [2.75, 3.05) is 0 Å². The Morgan fingerprint density at radius 3 is 2.69 bits per heavy atom. The molecule has 1 aromatic carbocycles. The summed E-state index contributed by atoms with van der Waals surface area (Å²) in [5, 5.41) is 9.03. The highest BCUT2D eigenvalue weighted by molar-refractivity contribution is 5.90. The van der Waals surface area contributed by atoms with Gasteiger partial charge in [0.2, 0.25) is 0 Å². The predicted molar refractivity (Wildman–Crippen MR) is 60.0 cm³/mol. The summed E-state index contributed by atoms with van der Waals surface area (Å²) in [4.78, 5) is 15.1. The molecule has 4 heteroatoms. The van der Waals surface area contributed by atoms with Crippen LogP contribution in [0.3, 0.4) is 0 Å². The monoisotopic (exact) mass is 216 g/mol. The molecule has 0 fully saturated rings. The van der Waals surface area contributed by atoms with Crippen molar-refractivity contribution in [2.24, 2.45) is 0 Å². The van der Waals surface area contributed by atoms with Gasteiger partial charge < -0.3 is 9.67 Å². The van der Waals surface area contributed by atoms with Crippen LogP contribution in [0.25, 0.3) is 5.69 Å². The number of imidazole rings is 1. The zero-order valence-electron chi connectivity index (χ0n) is 9.14. The zero-order chi connectivity index (χ0) is 11.7. The van der Waals surface area contributed by atoms with Crippen LogP contribution in [0.5, 0.6) is 0 Å². The molecule has 0 unspecified atom stereocenters. The number of hydrogen-bond acceptors (Lipinski definition) is 2. The van der Waals surface area contributed by atoms with Crippen LogP contribution in [-0.4, -0.2) is 20.6 Å². The van der Waals surface area contributed by atoms with Crippen molar-refractivity contribution in [3.63, 3.8) is 0 Å². The molecule has 82 valence electrons. The van der Waals surface area contributed by atoms with Gasteiger partial charge in [-0.25, -0.2) is 9.78 Å². The number of rotatable bonds is 2. The Morgan fingerprint density at radius 2 is 2.12 bits per heavy atom. The van der Waals surface area contributed by atoms with Gasteiger partial charge in [-0.1, -0.05) is 6.07 Å². The highest BCUT2D eigenvalue weighted by atomic mass is 16.4. The van der Waals surface area contributed by atoms with E-state index in [2.05, 4.69) is 4.98 Å². The molecule has 2 rings (SSSR count). The maximum absolute atomic E-state index is 11.0. The van der Waals surface area contributed by atoms with Crippen molar-refractivity contribution in [1.29, 1.82) is 0 Å². The van der Waals surface area contributed by atoms with Crippen LogP contribution in [0.2, 0.25) is 0 Å². The molecular formula is C12H12N2O2. The van der Waals surface area contributed by atoms with E-state index in [0.717, 1.165) is 17.1 Å². The van der Waals surface area contributed by atoms with Crippen LogP contribution in [0.4, 0.5) is 0 Å². The summed E-state index contributed by atoms with van der Waals surface area (Å²) in [6.45, 7) is 3.69. The molecule has 0 saturated carbocycles. The minimum Gasteiger partial charge on any atom is -0.478 e. The number of carbonyl (C=O) groups is 1. The normalized spacial score (nSPS) is 10.4. The summed E-state index contributed by atoms with van der Waals surface area (Å²) in [6, 6.07) is 5.23. The molecule has 4 nitrogen and oxygen atoms in total. The van der Waals surface area contributed by atoms with Gasteiger partial charge in [-0.15, -0.1) is 0 Å². The van der Waals surface area contributed by atoms with Crippen LogP contribution in [0.15, 0.2) is 30.6 Å². The van der Waals surface area contributed by atoms with Crippen molar-refractivity contribution in [2.45, 2.75) is 13.8 Å². The van der Waals surface area contributed by atoms with Gasteiger partial charge in [0.05, 0.1) is 11.3 Å². The molecule has 0 aliphatic heterocycles. The van der Waals surface area contributed by atoms with Crippen molar-refractivity contribution in [3.8, 4) is 5.69 Å². The first-order valence-corrected chi connectivity index (χ1v) is 4.94. The summed E-state index contributed by atoms with van der Waals surface area (Å²) >= 11 is 0. The highest BCUT2D eigenvalue weighted by Gasteiger charge is 2.11. The van der Waals surface area contributed by atoms with E-state index in [9.17, 15) is 4.79 Å². The molecule has 0 radical (unpaired) electrons. The first-order valence-electron chi connectivity index (χ1n) is 4.94. The molecule has 0 bridgehead atoms. The van der Waals surface area contributed by atoms with Gasteiger partial charge >= 0.3 is 5.97 Å². The molecule has 1 aromatic heterocycles. The van der Waals surface area contributed by atoms with Gasteiger partial charge in [0.25, 0.3) is 0 Å². The lowest BCUT2D eigenvalue weighted by Gasteiger charge is -2.10. The number of aromatic carboxylic acids is 1. The van der Waals surface area contributed by atoms with Gasteiger partial charge in [0.15, 0.2) is 0 Å². The lowest BCUT2D eigenvalue weighted by Crippen LogP contribution is -2.05. The Kier molecular flexibility index (Phi) is 2.48. The lowest BCUT2D eigenvalue weighted by molar-refractivity contribution is 0.0696. The van der Waals surface area contributed by atoms with E-state index in [-0.39, 0.29) is 0 Å². The minimum atomic E-state index is -0.905. The molecule has 0 saturated heterocycles. The van der Waals surface area contributed by atoms with Crippen molar-refractivity contribution in [1.82, 2.24) is 9.55 Å². The van der Waals surface area contributed by atoms with E-state index in [1.807, 2.05) is 23.8 Å². The van der Waals surface area contributed by atoms with Crippen molar-refractivity contribution in [3.05, 3.63) is 47.5 Å². The Morgan fingerprint density at radius 1 is 1.38 bits per heavy atom. The molecule has 0 amide bonds. The lowest BCUT2D eigenvalue weighted by atomic mass is 10.1. The number of carboxylic acids is 1. The molecule has 16 heavy (non-hydrogen) atoms. The predicted octanol–water partition coefficient (Wildman–Crippen LogP) is 2.19. The van der Waals surface area contributed by atoms with Crippen LogP contribution in [0.1, 0.15) is 21.7 Å². The summed E-state index contributed by atoms with van der Waals surface area (Å²) in [5.41, 5.74) is 1.93. The van der Waals surface area contributed by atoms with E-state index < -0.39 is 5.97 Å². The minimum absolute atomic E-state index is 0.325. The SMILES string of the molecule is Cc1c(C(=O)O)cccc1-n1ccnc1C. The smallest absolute Gasteiger partial charge is 0.336 e. The molecular weight excluding hydrogens is 204 g/mol. The summed E-state index contributed by atoms with van der Waals surface area (Å²) in [6.07, 6.45) is 3.52. The average Bonchev–Trinajstić information content (AvgIpc) is 2.64. The number of aryl methyl sites for hydroxylation is 1. The largest absolute Gasteiger partial charge is 0.478 e. The van der Waals surface area contributed by atoms with Crippen LogP contribution in [0, 0.1) is 13.8 Å². The average molecular weight is 216 g/mol. The Labute approximate surface area is 93.2 Å². The first kappa shape index (κ1) is 10.4. The Balaban J connectivity index is 2.63. The van der Waals surface area contributed by atoms with E-state index in [4.69, 9.17) is 5.11 Å². The van der Waals surface area contributed by atoms with E-state index in [1.165, 1.54) is 0 Å². The fourth-order valence-electron chi connectivity index (χ4n) is 1.75. The van der Waals surface area contributed by atoms with Crippen molar-refractivity contribution >= 4 is 5.97 Å². The van der Waals surface area contributed by atoms with Gasteiger partial charge in [-0.2, -0.15) is 0 Å². The second kappa shape index (κ2) is 3.81. The van der Waals surface area contributed by atoms with E-state index >= 15 is 0 Å². The van der Waals surface area contributed by atoms with Gasteiger partial charge in [-0.05, 0) is 31.5 Å². The van der Waals surface area contributed by atoms with Crippen LogP contribution < -0.4 is 0 Å². The standard InChI is InChI=1S/C12H12N2O2/c1-8-10(12(15)16)4-3-5-11(8)14-7-6-13-9(14)2/h3-7H,1-2H3,(H,15,16). The third kappa shape index (κ3) is 1.58. The number of aromatic nitrogens is 2. The molecule has 1 N–H and O–H groups in total. The molecule has 0 aliphatic rings. The molecule has 0 aliphatic carbocycles. The topological polar surface area (TPSA) is 55.1 Å². The third-order valence-corrected chi connectivity index (χ3v) is 2.62. The quantitative estimate of drug-likeness (QED) is 0.837. The van der Waals surface area contributed by atoms with Gasteiger partial charge in [-0.3, -0.25) is 0 Å². The van der Waals surface area contributed by atoms with Gasteiger partial charge in [0.1, 0.15) is 5.82 Å². The summed E-state index contributed by atoms with van der Waals surface area (Å²) in [7, 11) is 0. The number of benzene rings is 1. The number of nitrogens with zero attached hydrogens (tertiary/aromatic N) is 2. The van der Waals surface area contributed by atoms with E-state index in [1.54, 1.807) is 25.3 Å². The number of hydrogen-bond donors (Lipinski definition) is 1. The molecule has 2 aromatic rings. The maximum Gasteiger partial charge on any atom is 0.336 e. The molecule has 0 atom stereocenters. The Hall–Kier alpha value is -2.10. The second-order valence-electron chi connectivity index (χ2n) is 3.60. The third-order valence-electron chi connectivity index (χ3n) is 2.62. The van der Waals surface area contributed by atoms with Crippen molar-refractivity contribution < 1.29 is 9.90 Å². The molecule has 1 heterocycles. The zero-order valence-corrected chi connectivity index (χ0v) is 9.14. The molecule has 0 spiro atoms. The number of carboxylic acid groups (broad SMARTS) is 1. The fourth-order valence-corrected chi connectivity index (χ4v) is 1.75. The summed E-state index contributed by atoms with van der Waals surface area (Å²) < 4.78 is 1.88. The Bertz CT molecular complexity index is 544. The highest BCUT2D eigenvalue weighted by Crippen LogP contribution is 2.19. The maximum atomic E-state index is 11.0. The second-order valence-corrected chi connectivity index (χ2v) is 3.60. The van der Waals surface area contributed by atoms with E-state index in [0.29, 0.717) is 5.56 Å².